The molecule has 1 atom stereocenters. The zero-order chi connectivity index (χ0) is 27.0. The zero-order valence-corrected chi connectivity index (χ0v) is 22.2. The van der Waals surface area contributed by atoms with Crippen LogP contribution in [0.15, 0.2) is 83.8 Å². The summed E-state index contributed by atoms with van der Waals surface area (Å²) in [5.74, 6) is -1.37. The van der Waals surface area contributed by atoms with Gasteiger partial charge in [0.25, 0.3) is 10.0 Å². The van der Waals surface area contributed by atoms with E-state index in [9.17, 15) is 22.4 Å². The summed E-state index contributed by atoms with van der Waals surface area (Å²) in [6, 6.07) is 18.6. The molecule has 0 radical (unpaired) electrons. The molecule has 0 aliphatic carbocycles. The van der Waals surface area contributed by atoms with Gasteiger partial charge in [-0.2, -0.15) is 0 Å². The molecule has 0 saturated heterocycles. The van der Waals surface area contributed by atoms with E-state index < -0.39 is 34.3 Å². The maximum atomic E-state index is 13.8. The largest absolute Gasteiger partial charge is 0.355 e. The van der Waals surface area contributed by atoms with Gasteiger partial charge in [0, 0.05) is 18.1 Å². The minimum atomic E-state index is -4.14. The predicted molar refractivity (Wildman–Crippen MR) is 142 cm³/mol. The maximum absolute atomic E-state index is 13.8. The van der Waals surface area contributed by atoms with E-state index in [0.29, 0.717) is 23.6 Å². The number of benzene rings is 3. The number of likely N-dealkylation sites (N-methyl/N-ethyl adjacent to an activating group) is 1. The van der Waals surface area contributed by atoms with E-state index in [2.05, 4.69) is 5.32 Å². The van der Waals surface area contributed by atoms with Gasteiger partial charge in [-0.15, -0.1) is 0 Å². The van der Waals surface area contributed by atoms with Gasteiger partial charge in [-0.1, -0.05) is 48.9 Å². The molecule has 2 amide bonds. The van der Waals surface area contributed by atoms with Gasteiger partial charge in [-0.25, -0.2) is 12.8 Å². The standard InChI is InChI=1S/C27H29ClFN3O4S/c1-3-25(27(34)30-4-2)31(18-20-10-14-22(29)15-11-20)26(33)19-32(23-16-12-21(28)13-17-23)37(35,36)24-8-6-5-7-9-24/h5-17,25H,3-4,18-19H2,1-2H3,(H,30,34)/t25-/m0/s1. The molecule has 7 nitrogen and oxygen atoms in total. The molecule has 3 aromatic carbocycles. The number of carbonyl (C=O) groups excluding carboxylic acids is 2. The number of nitrogens with zero attached hydrogens (tertiary/aromatic N) is 2. The van der Waals surface area contributed by atoms with Crippen LogP contribution < -0.4 is 9.62 Å². The van der Waals surface area contributed by atoms with Gasteiger partial charge < -0.3 is 10.2 Å². The fourth-order valence-corrected chi connectivity index (χ4v) is 5.42. The summed E-state index contributed by atoms with van der Waals surface area (Å²) < 4.78 is 41.8. The van der Waals surface area contributed by atoms with Crippen LogP contribution in [0, 0.1) is 5.82 Å². The van der Waals surface area contributed by atoms with Gasteiger partial charge in [-0.3, -0.25) is 13.9 Å². The molecule has 0 saturated carbocycles. The molecule has 0 heterocycles. The first-order valence-corrected chi connectivity index (χ1v) is 13.6. The Kier molecular flexibility index (Phi) is 9.66. The Labute approximate surface area is 221 Å². The highest BCUT2D eigenvalue weighted by atomic mass is 35.5. The van der Waals surface area contributed by atoms with Crippen LogP contribution in [-0.4, -0.2) is 44.3 Å². The van der Waals surface area contributed by atoms with Gasteiger partial charge in [0.2, 0.25) is 11.8 Å². The average molecular weight is 546 g/mol. The summed E-state index contributed by atoms with van der Waals surface area (Å²) in [7, 11) is -4.14. The lowest BCUT2D eigenvalue weighted by Crippen LogP contribution is -2.52. The second-order valence-corrected chi connectivity index (χ2v) is 10.6. The molecule has 0 fully saturated rings. The quantitative estimate of drug-likeness (QED) is 0.381. The van der Waals surface area contributed by atoms with E-state index >= 15 is 0 Å². The first-order chi connectivity index (χ1) is 17.7. The fraction of sp³-hybridized carbons (Fsp3) is 0.259. The smallest absolute Gasteiger partial charge is 0.264 e. The van der Waals surface area contributed by atoms with Crippen LogP contribution in [0.2, 0.25) is 5.02 Å². The number of carbonyl (C=O) groups is 2. The van der Waals surface area contributed by atoms with Crippen molar-refractivity contribution in [1.82, 2.24) is 10.2 Å². The minimum Gasteiger partial charge on any atom is -0.355 e. The monoisotopic (exact) mass is 545 g/mol. The third-order valence-electron chi connectivity index (χ3n) is 5.73. The molecular weight excluding hydrogens is 517 g/mol. The summed E-state index contributed by atoms with van der Waals surface area (Å²) in [5.41, 5.74) is 0.843. The van der Waals surface area contributed by atoms with Gasteiger partial charge in [0.05, 0.1) is 10.6 Å². The molecule has 10 heteroatoms. The second kappa shape index (κ2) is 12.7. The van der Waals surface area contributed by atoms with Gasteiger partial charge >= 0.3 is 0 Å². The van der Waals surface area contributed by atoms with Crippen molar-refractivity contribution in [3.05, 3.63) is 95.3 Å². The Morgan fingerprint density at radius 2 is 1.57 bits per heavy atom. The van der Waals surface area contributed by atoms with Crippen LogP contribution in [0.25, 0.3) is 0 Å². The van der Waals surface area contributed by atoms with Crippen molar-refractivity contribution in [3.8, 4) is 0 Å². The number of amides is 2. The molecule has 0 aliphatic heterocycles. The molecule has 37 heavy (non-hydrogen) atoms. The SMILES string of the molecule is CCNC(=O)[C@H](CC)N(Cc1ccc(F)cc1)C(=O)CN(c1ccc(Cl)cc1)S(=O)(=O)c1ccccc1. The predicted octanol–water partition coefficient (Wildman–Crippen LogP) is 4.62. The van der Waals surface area contributed by atoms with E-state index in [4.69, 9.17) is 11.6 Å². The summed E-state index contributed by atoms with van der Waals surface area (Å²) in [6.07, 6.45) is 0.297. The highest BCUT2D eigenvalue weighted by Gasteiger charge is 2.33. The van der Waals surface area contributed by atoms with E-state index in [1.54, 1.807) is 32.0 Å². The molecule has 0 aromatic heterocycles. The lowest BCUT2D eigenvalue weighted by Gasteiger charge is -2.33. The topological polar surface area (TPSA) is 86.8 Å². The summed E-state index contributed by atoms with van der Waals surface area (Å²) in [6.45, 7) is 3.34. The maximum Gasteiger partial charge on any atom is 0.264 e. The van der Waals surface area contributed by atoms with Crippen molar-refractivity contribution < 1.29 is 22.4 Å². The molecule has 0 spiro atoms. The molecule has 1 N–H and O–H groups in total. The number of halogens is 2. The Balaban J connectivity index is 2.03. The Hall–Kier alpha value is -3.43. The van der Waals surface area contributed by atoms with Crippen molar-refractivity contribution >= 4 is 39.1 Å². The van der Waals surface area contributed by atoms with Gasteiger partial charge in [0.1, 0.15) is 18.4 Å². The Bertz CT molecular complexity index is 1300. The molecule has 0 aliphatic rings. The number of sulfonamides is 1. The number of hydrogen-bond donors (Lipinski definition) is 1. The molecule has 0 unspecified atom stereocenters. The van der Waals surface area contributed by atoms with Crippen LogP contribution in [0.1, 0.15) is 25.8 Å². The Morgan fingerprint density at radius 1 is 0.946 bits per heavy atom. The van der Waals surface area contributed by atoms with Crippen molar-refractivity contribution in [2.24, 2.45) is 0 Å². The van der Waals surface area contributed by atoms with Crippen molar-refractivity contribution in [1.29, 1.82) is 0 Å². The Morgan fingerprint density at radius 3 is 2.14 bits per heavy atom. The summed E-state index contributed by atoms with van der Waals surface area (Å²) in [5, 5.41) is 3.14. The van der Waals surface area contributed by atoms with Crippen LogP contribution in [-0.2, 0) is 26.2 Å². The molecular formula is C27H29ClFN3O4S. The highest BCUT2D eigenvalue weighted by Crippen LogP contribution is 2.26. The molecule has 3 rings (SSSR count). The van der Waals surface area contributed by atoms with Crippen molar-refractivity contribution in [2.75, 3.05) is 17.4 Å². The molecule has 0 bridgehead atoms. The first kappa shape index (κ1) is 28.1. The fourth-order valence-electron chi connectivity index (χ4n) is 3.85. The van der Waals surface area contributed by atoms with E-state index in [0.717, 1.165) is 4.31 Å². The van der Waals surface area contributed by atoms with Crippen LogP contribution in [0.4, 0.5) is 10.1 Å². The van der Waals surface area contributed by atoms with Gasteiger partial charge in [0.15, 0.2) is 0 Å². The van der Waals surface area contributed by atoms with Crippen LogP contribution in [0.5, 0.6) is 0 Å². The number of nitrogens with one attached hydrogen (secondary N) is 1. The minimum absolute atomic E-state index is 0.00536. The molecule has 3 aromatic rings. The normalized spacial score (nSPS) is 12.0. The van der Waals surface area contributed by atoms with Crippen LogP contribution in [0.3, 0.4) is 0 Å². The third-order valence-corrected chi connectivity index (χ3v) is 7.77. The summed E-state index contributed by atoms with van der Waals surface area (Å²) >= 11 is 6.02. The molecule has 196 valence electrons. The number of hydrogen-bond acceptors (Lipinski definition) is 4. The van der Waals surface area contributed by atoms with Crippen molar-refractivity contribution in [2.45, 2.75) is 37.8 Å². The van der Waals surface area contributed by atoms with E-state index in [1.165, 1.54) is 65.6 Å². The van der Waals surface area contributed by atoms with Gasteiger partial charge in [-0.05, 0) is 67.4 Å². The summed E-state index contributed by atoms with van der Waals surface area (Å²) in [4.78, 5) is 28.0. The van der Waals surface area contributed by atoms with Crippen molar-refractivity contribution in [3.63, 3.8) is 0 Å². The lowest BCUT2D eigenvalue weighted by atomic mass is 10.1. The second-order valence-electron chi connectivity index (χ2n) is 8.27. The first-order valence-electron chi connectivity index (χ1n) is 11.8. The average Bonchev–Trinajstić information content (AvgIpc) is 2.89. The number of rotatable bonds is 11. The third kappa shape index (κ3) is 7.08. The zero-order valence-electron chi connectivity index (χ0n) is 20.6. The van der Waals surface area contributed by atoms with E-state index in [-0.39, 0.29) is 23.0 Å². The van der Waals surface area contributed by atoms with Crippen LogP contribution >= 0.6 is 11.6 Å². The highest BCUT2D eigenvalue weighted by molar-refractivity contribution is 7.92. The number of anilines is 1. The van der Waals surface area contributed by atoms with E-state index in [1.807, 2.05) is 0 Å². The lowest BCUT2D eigenvalue weighted by molar-refractivity contribution is -0.140.